The lowest BCUT2D eigenvalue weighted by molar-refractivity contribution is 0.501. The van der Waals surface area contributed by atoms with Gasteiger partial charge in [-0.3, -0.25) is 0 Å². The minimum absolute atomic E-state index is 0.331. The summed E-state index contributed by atoms with van der Waals surface area (Å²) < 4.78 is 5.77. The largest absolute Gasteiger partial charge is 0.440 e. The number of fused-ring (bicyclic) bond motifs is 1. The number of rotatable bonds is 3. The van der Waals surface area contributed by atoms with Gasteiger partial charge in [0.25, 0.3) is 0 Å². The van der Waals surface area contributed by atoms with Crippen molar-refractivity contribution < 1.29 is 4.42 Å². The van der Waals surface area contributed by atoms with Gasteiger partial charge >= 0.3 is 0 Å². The average Bonchev–Trinajstić information content (AvgIpc) is 2.77. The third-order valence-corrected chi connectivity index (χ3v) is 4.53. The Morgan fingerprint density at radius 3 is 2.86 bits per heavy atom. The molecule has 1 heterocycles. The molecule has 1 N–H and O–H groups in total. The van der Waals surface area contributed by atoms with Crippen LogP contribution in [0.15, 0.2) is 22.6 Å². The molecule has 1 saturated carbocycles. The first-order valence-electron chi connectivity index (χ1n) is 8.29. The molecule has 0 amide bonds. The minimum atomic E-state index is 0.331. The molecule has 1 aromatic carbocycles. The van der Waals surface area contributed by atoms with Gasteiger partial charge in [0.2, 0.25) is 0 Å². The number of nitrogens with zero attached hydrogens (tertiary/aromatic N) is 1. The van der Waals surface area contributed by atoms with E-state index in [1.165, 1.54) is 37.8 Å². The quantitative estimate of drug-likeness (QED) is 0.775. The maximum Gasteiger partial charge on any atom is 0.198 e. The van der Waals surface area contributed by atoms with E-state index >= 15 is 0 Å². The third-order valence-electron chi connectivity index (χ3n) is 4.53. The van der Waals surface area contributed by atoms with Crippen LogP contribution < -0.4 is 5.32 Å². The van der Waals surface area contributed by atoms with Gasteiger partial charge in [0.1, 0.15) is 5.52 Å². The van der Waals surface area contributed by atoms with Crippen molar-refractivity contribution in [3.8, 4) is 0 Å². The van der Waals surface area contributed by atoms with Crippen molar-refractivity contribution in [2.45, 2.75) is 64.8 Å². The van der Waals surface area contributed by atoms with E-state index in [1.807, 2.05) is 6.07 Å². The molecule has 1 aromatic heterocycles. The Morgan fingerprint density at radius 2 is 2.05 bits per heavy atom. The summed E-state index contributed by atoms with van der Waals surface area (Å²) >= 11 is 0. The monoisotopic (exact) mass is 286 g/mol. The molecule has 2 atom stereocenters. The number of benzene rings is 1. The molecule has 1 fully saturated rings. The summed E-state index contributed by atoms with van der Waals surface area (Å²) in [6.45, 7) is 6.59. The number of anilines is 1. The van der Waals surface area contributed by atoms with Crippen molar-refractivity contribution in [3.63, 3.8) is 0 Å². The predicted octanol–water partition coefficient (Wildman–Crippen LogP) is 5.33. The topological polar surface area (TPSA) is 38.1 Å². The van der Waals surface area contributed by atoms with Crippen molar-refractivity contribution in [1.82, 2.24) is 4.98 Å². The second-order valence-corrected chi connectivity index (χ2v) is 6.84. The average molecular weight is 286 g/mol. The molecule has 0 radical (unpaired) electrons. The van der Waals surface area contributed by atoms with Crippen LogP contribution in [-0.4, -0.2) is 11.0 Å². The van der Waals surface area contributed by atoms with Gasteiger partial charge in [-0.1, -0.05) is 33.6 Å². The van der Waals surface area contributed by atoms with Crippen molar-refractivity contribution in [2.75, 3.05) is 5.32 Å². The van der Waals surface area contributed by atoms with Gasteiger partial charge in [0.15, 0.2) is 11.5 Å². The highest BCUT2D eigenvalue weighted by molar-refractivity contribution is 5.77. The van der Waals surface area contributed by atoms with Crippen LogP contribution in [0.2, 0.25) is 0 Å². The van der Waals surface area contributed by atoms with Gasteiger partial charge in [-0.05, 0) is 43.4 Å². The van der Waals surface area contributed by atoms with Gasteiger partial charge < -0.3 is 9.73 Å². The maximum absolute atomic E-state index is 5.77. The Balaban J connectivity index is 1.74. The van der Waals surface area contributed by atoms with Gasteiger partial charge in [0, 0.05) is 17.6 Å². The number of nitrogens with one attached hydrogen (secondary N) is 1. The molecule has 1 aliphatic carbocycles. The summed E-state index contributed by atoms with van der Waals surface area (Å²) in [4.78, 5) is 4.59. The van der Waals surface area contributed by atoms with E-state index < -0.39 is 0 Å². The molecule has 114 valence electrons. The van der Waals surface area contributed by atoms with Gasteiger partial charge in [-0.2, -0.15) is 0 Å². The van der Waals surface area contributed by atoms with E-state index in [1.54, 1.807) is 0 Å². The lowest BCUT2D eigenvalue weighted by atomic mass is 10.0. The summed E-state index contributed by atoms with van der Waals surface area (Å²) in [6.07, 6.45) is 6.59. The number of hydrogen-bond donors (Lipinski definition) is 1. The van der Waals surface area contributed by atoms with Crippen molar-refractivity contribution in [1.29, 1.82) is 0 Å². The first-order valence-corrected chi connectivity index (χ1v) is 8.29. The Bertz CT molecular complexity index is 602. The molecule has 0 saturated heterocycles. The molecular formula is C18H26N2O. The summed E-state index contributed by atoms with van der Waals surface area (Å²) in [6, 6.07) is 6.88. The molecule has 3 rings (SSSR count). The van der Waals surface area contributed by atoms with E-state index in [9.17, 15) is 0 Å². The van der Waals surface area contributed by atoms with E-state index in [0.29, 0.717) is 12.0 Å². The molecule has 3 nitrogen and oxygen atoms in total. The van der Waals surface area contributed by atoms with Crippen LogP contribution in [-0.2, 0) is 0 Å². The zero-order valence-electron chi connectivity index (χ0n) is 13.4. The highest BCUT2D eigenvalue weighted by atomic mass is 16.3. The Labute approximate surface area is 127 Å². The van der Waals surface area contributed by atoms with Crippen LogP contribution in [0.4, 0.5) is 5.69 Å². The predicted molar refractivity (Wildman–Crippen MR) is 87.8 cm³/mol. The molecule has 0 bridgehead atoms. The third kappa shape index (κ3) is 3.39. The zero-order chi connectivity index (χ0) is 14.8. The fraction of sp³-hybridized carbons (Fsp3) is 0.611. The second-order valence-electron chi connectivity index (χ2n) is 6.84. The highest BCUT2D eigenvalue weighted by Gasteiger charge is 2.16. The van der Waals surface area contributed by atoms with Crippen LogP contribution in [0.3, 0.4) is 0 Å². The fourth-order valence-corrected chi connectivity index (χ4v) is 3.15. The summed E-state index contributed by atoms with van der Waals surface area (Å²) in [5, 5.41) is 3.69. The molecular weight excluding hydrogens is 260 g/mol. The summed E-state index contributed by atoms with van der Waals surface area (Å²) in [7, 11) is 0. The SMILES string of the molecule is CC1CCCC(Nc2ccc3oc(C(C)C)nc3c2)CC1. The molecule has 3 heteroatoms. The van der Waals surface area contributed by atoms with Crippen LogP contribution in [0, 0.1) is 5.92 Å². The van der Waals surface area contributed by atoms with Crippen LogP contribution in [0.1, 0.15) is 64.7 Å². The minimum Gasteiger partial charge on any atom is -0.440 e. The van der Waals surface area contributed by atoms with Crippen LogP contribution in [0.5, 0.6) is 0 Å². The van der Waals surface area contributed by atoms with Crippen LogP contribution in [0.25, 0.3) is 11.1 Å². The first kappa shape index (κ1) is 14.4. The smallest absolute Gasteiger partial charge is 0.198 e. The molecule has 1 aliphatic rings. The Morgan fingerprint density at radius 1 is 1.19 bits per heavy atom. The van der Waals surface area contributed by atoms with E-state index in [2.05, 4.69) is 43.2 Å². The second kappa shape index (κ2) is 6.08. The Hall–Kier alpha value is -1.51. The number of aromatic nitrogens is 1. The highest BCUT2D eigenvalue weighted by Crippen LogP contribution is 2.27. The maximum atomic E-state index is 5.77. The van der Waals surface area contributed by atoms with Crippen molar-refractivity contribution in [2.24, 2.45) is 5.92 Å². The molecule has 21 heavy (non-hydrogen) atoms. The lowest BCUT2D eigenvalue weighted by Crippen LogP contribution is -2.18. The number of hydrogen-bond acceptors (Lipinski definition) is 3. The van der Waals surface area contributed by atoms with Gasteiger partial charge in [0.05, 0.1) is 0 Å². The molecule has 2 unspecified atom stereocenters. The van der Waals surface area contributed by atoms with E-state index in [-0.39, 0.29) is 0 Å². The number of oxazole rings is 1. The van der Waals surface area contributed by atoms with Gasteiger partial charge in [-0.25, -0.2) is 4.98 Å². The Kier molecular flexibility index (Phi) is 4.18. The van der Waals surface area contributed by atoms with Crippen molar-refractivity contribution >= 4 is 16.8 Å². The fourth-order valence-electron chi connectivity index (χ4n) is 3.15. The summed E-state index contributed by atoms with van der Waals surface area (Å²) in [5.41, 5.74) is 3.02. The standard InChI is InChI=1S/C18H26N2O/c1-12(2)18-20-16-11-15(9-10-17(16)21-18)19-14-6-4-5-13(3)7-8-14/h9-14,19H,4-8H2,1-3H3. The molecule has 0 aliphatic heterocycles. The van der Waals surface area contributed by atoms with E-state index in [0.717, 1.165) is 22.9 Å². The van der Waals surface area contributed by atoms with E-state index in [4.69, 9.17) is 4.42 Å². The summed E-state index contributed by atoms with van der Waals surface area (Å²) in [5.74, 6) is 2.03. The lowest BCUT2D eigenvalue weighted by Gasteiger charge is -2.17. The normalized spacial score (nSPS) is 23.4. The van der Waals surface area contributed by atoms with Gasteiger partial charge in [-0.15, -0.1) is 0 Å². The zero-order valence-corrected chi connectivity index (χ0v) is 13.4. The van der Waals surface area contributed by atoms with Crippen LogP contribution >= 0.6 is 0 Å². The molecule has 0 spiro atoms. The van der Waals surface area contributed by atoms with Crippen molar-refractivity contribution in [3.05, 3.63) is 24.1 Å². The first-order chi connectivity index (χ1) is 10.1. The molecule has 2 aromatic rings.